The molecule has 0 aromatic heterocycles. The Bertz CT molecular complexity index is 1450. The van der Waals surface area contributed by atoms with Crippen molar-refractivity contribution in [2.45, 2.75) is 179 Å². The Hall–Kier alpha value is -0.780. The van der Waals surface area contributed by atoms with Gasteiger partial charge in [0.05, 0.1) is 37.6 Å². The largest absolute Gasteiger partial charge is 0.394 e. The Labute approximate surface area is 319 Å². The summed E-state index contributed by atoms with van der Waals surface area (Å²) in [4.78, 5) is 0. The highest BCUT2D eigenvalue weighted by molar-refractivity contribution is 5.26. The third-order valence-electron chi connectivity index (χ3n) is 16.6. The summed E-state index contributed by atoms with van der Waals surface area (Å²) >= 11 is 0. The molecule has 8 aliphatic rings. The quantitative estimate of drug-likeness (QED) is 0.154. The van der Waals surface area contributed by atoms with Gasteiger partial charge in [-0.05, 0) is 93.3 Å². The number of fused-ring (bicyclic) bond motifs is 4. The smallest absolute Gasteiger partial charge is 0.187 e. The summed E-state index contributed by atoms with van der Waals surface area (Å²) in [6.45, 7) is 15.6. The fourth-order valence-corrected chi connectivity index (χ4v) is 14.4. The van der Waals surface area contributed by atoms with Crippen LogP contribution in [0.4, 0.5) is 0 Å². The molecular formula is C41H66O13. The molecule has 4 saturated carbocycles. The van der Waals surface area contributed by atoms with Crippen LogP contribution in [0, 0.1) is 45.3 Å². The van der Waals surface area contributed by atoms with Gasteiger partial charge in [0.2, 0.25) is 0 Å². The average Bonchev–Trinajstić information content (AvgIpc) is 3.61. The number of ether oxygens (including phenoxy) is 6. The van der Waals surface area contributed by atoms with Gasteiger partial charge in [-0.2, -0.15) is 0 Å². The number of allylic oxidation sites excluding steroid dienone is 1. The van der Waals surface area contributed by atoms with Gasteiger partial charge >= 0.3 is 0 Å². The van der Waals surface area contributed by atoms with E-state index in [0.29, 0.717) is 30.8 Å². The lowest BCUT2D eigenvalue weighted by Gasteiger charge is -2.70. The molecule has 13 nitrogen and oxygen atoms in total. The number of rotatable bonds is 6. The topological polar surface area (TPSA) is 197 Å². The van der Waals surface area contributed by atoms with Crippen LogP contribution in [0.25, 0.3) is 0 Å². The Balaban J connectivity index is 0.992. The van der Waals surface area contributed by atoms with Crippen molar-refractivity contribution >= 4 is 0 Å². The van der Waals surface area contributed by atoms with Crippen LogP contribution in [0.5, 0.6) is 0 Å². The van der Waals surface area contributed by atoms with Crippen LogP contribution in [0.3, 0.4) is 0 Å². The number of hydrogen-bond acceptors (Lipinski definition) is 13. The minimum absolute atomic E-state index is 0.00497. The van der Waals surface area contributed by atoms with Gasteiger partial charge in [-0.15, -0.1) is 0 Å². The highest BCUT2D eigenvalue weighted by Crippen LogP contribution is 2.80. The third-order valence-corrected chi connectivity index (χ3v) is 16.6. The fraction of sp³-hybridized carbons (Fsp3) is 0.951. The van der Waals surface area contributed by atoms with Crippen molar-refractivity contribution in [3.63, 3.8) is 0 Å². The maximum atomic E-state index is 12.1. The second-order valence-electron chi connectivity index (χ2n) is 20.2. The van der Waals surface area contributed by atoms with E-state index < -0.39 is 73.3 Å². The van der Waals surface area contributed by atoms with E-state index in [4.69, 9.17) is 28.4 Å². The van der Waals surface area contributed by atoms with Crippen molar-refractivity contribution in [3.8, 4) is 0 Å². The molecule has 0 radical (unpaired) electrons. The van der Waals surface area contributed by atoms with Crippen LogP contribution in [-0.4, -0.2) is 134 Å². The maximum absolute atomic E-state index is 12.1. The Morgan fingerprint density at radius 1 is 0.833 bits per heavy atom. The Kier molecular flexibility index (Phi) is 9.91. The summed E-state index contributed by atoms with van der Waals surface area (Å²) in [5, 5.41) is 75.0. The Morgan fingerprint density at radius 3 is 2.28 bits per heavy atom. The van der Waals surface area contributed by atoms with Crippen LogP contribution >= 0.6 is 0 Å². The van der Waals surface area contributed by atoms with E-state index in [1.807, 2.05) is 6.92 Å². The summed E-state index contributed by atoms with van der Waals surface area (Å²) in [6, 6.07) is 0. The molecule has 4 aliphatic heterocycles. The molecule has 0 unspecified atom stereocenters. The van der Waals surface area contributed by atoms with Crippen molar-refractivity contribution < 1.29 is 64.2 Å². The zero-order valence-electron chi connectivity index (χ0n) is 33.1. The summed E-state index contributed by atoms with van der Waals surface area (Å²) in [7, 11) is 0. The van der Waals surface area contributed by atoms with Gasteiger partial charge in [0.25, 0.3) is 0 Å². The van der Waals surface area contributed by atoms with Gasteiger partial charge in [0.15, 0.2) is 18.4 Å². The first kappa shape index (κ1) is 40.0. The van der Waals surface area contributed by atoms with Crippen molar-refractivity contribution in [1.29, 1.82) is 0 Å². The lowest BCUT2D eigenvalue weighted by atomic mass is 9.35. The summed E-state index contributed by atoms with van der Waals surface area (Å²) in [6.07, 6.45) is -3.77. The lowest BCUT2D eigenvalue weighted by molar-refractivity contribution is -0.358. The summed E-state index contributed by atoms with van der Waals surface area (Å²) in [5.74, 6) is 0.284. The van der Waals surface area contributed by atoms with Crippen molar-refractivity contribution in [1.82, 2.24) is 0 Å². The molecule has 8 fully saturated rings. The minimum atomic E-state index is -1.68. The van der Waals surface area contributed by atoms with Crippen LogP contribution in [-0.2, 0) is 28.4 Å². The highest BCUT2D eigenvalue weighted by atomic mass is 16.7. The monoisotopic (exact) mass is 766 g/mol. The molecule has 54 heavy (non-hydrogen) atoms. The van der Waals surface area contributed by atoms with Gasteiger partial charge in [-0.1, -0.05) is 39.3 Å². The van der Waals surface area contributed by atoms with E-state index in [-0.39, 0.29) is 46.4 Å². The second kappa shape index (κ2) is 13.4. The number of hydrogen-bond donors (Lipinski definition) is 7. The maximum Gasteiger partial charge on any atom is 0.187 e. The van der Waals surface area contributed by atoms with Gasteiger partial charge in [0, 0.05) is 24.2 Å². The number of aliphatic hydroxyl groups excluding tert-OH is 6. The van der Waals surface area contributed by atoms with Crippen LogP contribution in [0.15, 0.2) is 11.6 Å². The molecule has 4 heterocycles. The van der Waals surface area contributed by atoms with Crippen LogP contribution < -0.4 is 0 Å². The lowest BCUT2D eigenvalue weighted by Crippen LogP contribution is -2.67. The number of aliphatic hydroxyl groups is 7. The van der Waals surface area contributed by atoms with Crippen LogP contribution in [0.2, 0.25) is 0 Å². The molecular weight excluding hydrogens is 700 g/mol. The first-order chi connectivity index (χ1) is 25.2. The molecule has 0 amide bonds. The predicted molar refractivity (Wildman–Crippen MR) is 192 cm³/mol. The fourth-order valence-electron chi connectivity index (χ4n) is 14.4. The van der Waals surface area contributed by atoms with Gasteiger partial charge < -0.3 is 64.2 Å². The molecule has 7 N–H and O–H groups in total. The second-order valence-corrected chi connectivity index (χ2v) is 20.2. The Morgan fingerprint density at radius 2 is 1.57 bits per heavy atom. The molecule has 20 atom stereocenters. The molecule has 0 aromatic rings. The standard InChI is InChI=1S/C41H66O13/c1-20(2)14-21-15-39(7,48)33-22-8-9-26-37(5)12-11-27(36(3,4)25(37)10-13-38(26,6)40(22)18-41(33,54-21)50-19-40)52-34-31(47)32(23(43)17-49-34)53-35-30(46)29(45)28(44)24(16-42)51-35/h14,21-35,42-48H,8-13,15-19H2,1-7H3/t21-,22+,23+,24-,25-,26-,27+,28-,29+,30-,31-,32+,33+,34+,35+,37+,38-,39+,40+,41+/m1/s1. The summed E-state index contributed by atoms with van der Waals surface area (Å²) < 4.78 is 37.6. The van der Waals surface area contributed by atoms with Crippen molar-refractivity contribution in [3.05, 3.63) is 11.6 Å². The first-order valence-corrected chi connectivity index (χ1v) is 20.5. The van der Waals surface area contributed by atoms with E-state index in [2.05, 4.69) is 47.6 Å². The highest BCUT2D eigenvalue weighted by Gasteiger charge is 2.80. The summed E-state index contributed by atoms with van der Waals surface area (Å²) in [5.41, 5.74) is -0.0544. The SMILES string of the molecule is CC(C)=C[C@@H]1C[C@](C)(O)[C@@H]2[C@@H]3CC[C@@H]4[C@@]5(C)CC[C@H](O[C@@H]6OC[C@H](O)[C@H](O[C@@H]7O[C@H](CO)[C@@H](O)[C@H](O)[C@H]7O)[C@H]6O)C(C)(C)[C@H]5CC[C@@]4(C)[C@@]34CO[C@@]2(C4)O1. The molecule has 2 bridgehead atoms. The van der Waals surface area contributed by atoms with Crippen molar-refractivity contribution in [2.24, 2.45) is 45.3 Å². The van der Waals surface area contributed by atoms with Crippen molar-refractivity contribution in [2.75, 3.05) is 19.8 Å². The molecule has 2 spiro atoms. The van der Waals surface area contributed by atoms with E-state index >= 15 is 0 Å². The molecule has 4 saturated heterocycles. The molecule has 308 valence electrons. The normalized spacial score (nSPS) is 57.7. The van der Waals surface area contributed by atoms with Gasteiger partial charge in [0.1, 0.15) is 42.7 Å². The minimum Gasteiger partial charge on any atom is -0.394 e. The molecule has 4 aliphatic carbocycles. The molecule has 0 aromatic carbocycles. The van der Waals surface area contributed by atoms with E-state index in [9.17, 15) is 35.7 Å². The average molecular weight is 767 g/mol. The first-order valence-electron chi connectivity index (χ1n) is 20.5. The zero-order valence-corrected chi connectivity index (χ0v) is 33.1. The predicted octanol–water partition coefficient (Wildman–Crippen LogP) is 2.14. The van der Waals surface area contributed by atoms with E-state index in [0.717, 1.165) is 44.9 Å². The molecule has 8 rings (SSSR count). The molecule has 13 heteroatoms. The van der Waals surface area contributed by atoms with Gasteiger partial charge in [-0.25, -0.2) is 0 Å². The van der Waals surface area contributed by atoms with E-state index in [1.54, 1.807) is 0 Å². The van der Waals surface area contributed by atoms with E-state index in [1.165, 1.54) is 5.57 Å². The third kappa shape index (κ3) is 5.65. The van der Waals surface area contributed by atoms with Crippen LogP contribution in [0.1, 0.15) is 99.8 Å². The zero-order chi connectivity index (χ0) is 39.0. The van der Waals surface area contributed by atoms with Gasteiger partial charge in [-0.3, -0.25) is 0 Å².